The second kappa shape index (κ2) is 4.88. The van der Waals surface area contributed by atoms with Crippen LogP contribution >= 0.6 is 0 Å². The van der Waals surface area contributed by atoms with Crippen LogP contribution in [0, 0.1) is 6.92 Å². The van der Waals surface area contributed by atoms with Gasteiger partial charge in [-0.05, 0) is 45.4 Å². The minimum atomic E-state index is 0.795. The van der Waals surface area contributed by atoms with Crippen LogP contribution < -0.4 is 10.2 Å². The first-order chi connectivity index (χ1) is 7.76. The lowest BCUT2D eigenvalue weighted by Crippen LogP contribution is -2.27. The van der Waals surface area contributed by atoms with E-state index in [1.54, 1.807) is 0 Å². The first-order valence-electron chi connectivity index (χ1n) is 6.27. The molecule has 2 heteroatoms. The molecule has 2 rings (SSSR count). The lowest BCUT2D eigenvalue weighted by atomic mass is 10.1. The van der Waals surface area contributed by atoms with E-state index < -0.39 is 0 Å². The molecule has 0 spiro atoms. The van der Waals surface area contributed by atoms with Gasteiger partial charge in [0.15, 0.2) is 0 Å². The maximum Gasteiger partial charge on any atom is 0.0414 e. The Morgan fingerprint density at radius 2 is 2.12 bits per heavy atom. The molecule has 1 saturated carbocycles. The standard InChI is InChI=1S/C14H22N2/c1-4-16(13-6-7-13)14-8-5-11(2)9-12(14)10-15-3/h5,8-9,13,15H,4,6-7,10H2,1-3H3. The molecule has 0 bridgehead atoms. The second-order valence-electron chi connectivity index (χ2n) is 4.68. The smallest absolute Gasteiger partial charge is 0.0414 e. The Labute approximate surface area is 98.7 Å². The van der Waals surface area contributed by atoms with Crippen molar-refractivity contribution in [3.05, 3.63) is 29.3 Å². The summed E-state index contributed by atoms with van der Waals surface area (Å²) in [7, 11) is 2.01. The van der Waals surface area contributed by atoms with Crippen molar-refractivity contribution in [2.45, 2.75) is 39.3 Å². The fraction of sp³-hybridized carbons (Fsp3) is 0.571. The van der Waals surface area contributed by atoms with Crippen LogP contribution in [-0.2, 0) is 6.54 Å². The summed E-state index contributed by atoms with van der Waals surface area (Å²) in [6.45, 7) is 6.49. The van der Waals surface area contributed by atoms with Gasteiger partial charge in [0.2, 0.25) is 0 Å². The molecule has 16 heavy (non-hydrogen) atoms. The van der Waals surface area contributed by atoms with Gasteiger partial charge in [-0.25, -0.2) is 0 Å². The quantitative estimate of drug-likeness (QED) is 0.817. The van der Waals surface area contributed by atoms with Crippen molar-refractivity contribution in [1.82, 2.24) is 5.32 Å². The Bertz CT molecular complexity index is 356. The van der Waals surface area contributed by atoms with Crippen molar-refractivity contribution >= 4 is 5.69 Å². The summed E-state index contributed by atoms with van der Waals surface area (Å²) in [4.78, 5) is 2.55. The van der Waals surface area contributed by atoms with Crippen LogP contribution in [-0.4, -0.2) is 19.6 Å². The van der Waals surface area contributed by atoms with E-state index in [0.29, 0.717) is 0 Å². The first kappa shape index (κ1) is 11.5. The molecule has 1 aliphatic rings. The van der Waals surface area contributed by atoms with Gasteiger partial charge in [-0.2, -0.15) is 0 Å². The van der Waals surface area contributed by atoms with Crippen molar-refractivity contribution in [2.24, 2.45) is 0 Å². The van der Waals surface area contributed by atoms with E-state index in [-0.39, 0.29) is 0 Å². The van der Waals surface area contributed by atoms with E-state index in [9.17, 15) is 0 Å². The van der Waals surface area contributed by atoms with E-state index >= 15 is 0 Å². The summed E-state index contributed by atoms with van der Waals surface area (Å²) in [5.41, 5.74) is 4.20. The minimum Gasteiger partial charge on any atom is -0.369 e. The molecule has 0 saturated heterocycles. The van der Waals surface area contributed by atoms with Gasteiger partial charge in [0.05, 0.1) is 0 Å². The van der Waals surface area contributed by atoms with Crippen LogP contribution in [0.1, 0.15) is 30.9 Å². The highest BCUT2D eigenvalue weighted by molar-refractivity contribution is 5.56. The van der Waals surface area contributed by atoms with Crippen molar-refractivity contribution < 1.29 is 0 Å². The number of nitrogens with zero attached hydrogens (tertiary/aromatic N) is 1. The van der Waals surface area contributed by atoms with Crippen molar-refractivity contribution in [1.29, 1.82) is 0 Å². The first-order valence-corrected chi connectivity index (χ1v) is 6.27. The van der Waals surface area contributed by atoms with E-state index in [1.807, 2.05) is 7.05 Å². The third kappa shape index (κ3) is 2.38. The summed E-state index contributed by atoms with van der Waals surface area (Å²) < 4.78 is 0. The third-order valence-electron chi connectivity index (χ3n) is 3.24. The maximum absolute atomic E-state index is 3.26. The van der Waals surface area contributed by atoms with E-state index in [2.05, 4.69) is 42.3 Å². The molecular formula is C14H22N2. The van der Waals surface area contributed by atoms with Gasteiger partial charge in [0, 0.05) is 24.8 Å². The number of hydrogen-bond donors (Lipinski definition) is 1. The van der Waals surface area contributed by atoms with Crippen molar-refractivity contribution in [2.75, 3.05) is 18.5 Å². The van der Waals surface area contributed by atoms with Crippen LogP contribution in [0.25, 0.3) is 0 Å². The second-order valence-corrected chi connectivity index (χ2v) is 4.68. The highest BCUT2D eigenvalue weighted by Gasteiger charge is 2.29. The van der Waals surface area contributed by atoms with Crippen molar-refractivity contribution in [3.8, 4) is 0 Å². The van der Waals surface area contributed by atoms with Crippen LogP contribution in [0.15, 0.2) is 18.2 Å². The summed E-state index contributed by atoms with van der Waals surface area (Å²) in [5.74, 6) is 0. The molecule has 1 N–H and O–H groups in total. The largest absolute Gasteiger partial charge is 0.369 e. The zero-order valence-electron chi connectivity index (χ0n) is 10.6. The highest BCUT2D eigenvalue weighted by atomic mass is 15.2. The molecule has 88 valence electrons. The number of anilines is 1. The normalized spacial score (nSPS) is 15.2. The zero-order chi connectivity index (χ0) is 11.5. The van der Waals surface area contributed by atoms with Crippen LogP contribution in [0.2, 0.25) is 0 Å². The van der Waals surface area contributed by atoms with Crippen LogP contribution in [0.5, 0.6) is 0 Å². The predicted molar refractivity (Wildman–Crippen MR) is 70.0 cm³/mol. The molecule has 0 aliphatic heterocycles. The molecule has 2 nitrogen and oxygen atoms in total. The fourth-order valence-corrected chi connectivity index (χ4v) is 2.34. The summed E-state index contributed by atoms with van der Waals surface area (Å²) in [6, 6.07) is 7.60. The van der Waals surface area contributed by atoms with Gasteiger partial charge >= 0.3 is 0 Å². The average molecular weight is 218 g/mol. The molecule has 0 atom stereocenters. The average Bonchev–Trinajstić information content (AvgIpc) is 3.07. The molecule has 1 aromatic carbocycles. The summed E-state index contributed by atoms with van der Waals surface area (Å²) >= 11 is 0. The van der Waals surface area contributed by atoms with Crippen molar-refractivity contribution in [3.63, 3.8) is 0 Å². The van der Waals surface area contributed by atoms with Crippen LogP contribution in [0.3, 0.4) is 0 Å². The number of benzene rings is 1. The predicted octanol–water partition coefficient (Wildman–Crippen LogP) is 2.70. The maximum atomic E-state index is 3.26. The van der Waals surface area contributed by atoms with Gasteiger partial charge in [0.1, 0.15) is 0 Å². The highest BCUT2D eigenvalue weighted by Crippen LogP contribution is 2.33. The minimum absolute atomic E-state index is 0.795. The van der Waals surface area contributed by atoms with E-state index in [0.717, 1.165) is 19.1 Å². The molecule has 0 unspecified atom stereocenters. The van der Waals surface area contributed by atoms with E-state index in [4.69, 9.17) is 0 Å². The Balaban J connectivity index is 2.29. The zero-order valence-corrected chi connectivity index (χ0v) is 10.6. The molecule has 0 radical (unpaired) electrons. The monoisotopic (exact) mass is 218 g/mol. The van der Waals surface area contributed by atoms with Gasteiger partial charge < -0.3 is 10.2 Å². The van der Waals surface area contributed by atoms with Crippen LogP contribution in [0.4, 0.5) is 5.69 Å². The number of nitrogens with one attached hydrogen (secondary N) is 1. The summed E-state index contributed by atoms with van der Waals surface area (Å²) in [6.07, 6.45) is 2.72. The Kier molecular flexibility index (Phi) is 3.49. The topological polar surface area (TPSA) is 15.3 Å². The molecule has 0 aromatic heterocycles. The number of aryl methyl sites for hydroxylation is 1. The van der Waals surface area contributed by atoms with Gasteiger partial charge in [-0.1, -0.05) is 17.7 Å². The number of rotatable bonds is 5. The molecule has 1 fully saturated rings. The Morgan fingerprint density at radius 3 is 2.69 bits per heavy atom. The van der Waals surface area contributed by atoms with Gasteiger partial charge in [-0.3, -0.25) is 0 Å². The third-order valence-corrected chi connectivity index (χ3v) is 3.24. The van der Waals surface area contributed by atoms with E-state index in [1.165, 1.54) is 29.7 Å². The lowest BCUT2D eigenvalue weighted by Gasteiger charge is -2.26. The molecule has 1 aromatic rings. The Morgan fingerprint density at radius 1 is 1.38 bits per heavy atom. The molecule has 1 aliphatic carbocycles. The van der Waals surface area contributed by atoms with Gasteiger partial charge in [0.25, 0.3) is 0 Å². The molecule has 0 amide bonds. The fourth-order valence-electron chi connectivity index (χ4n) is 2.34. The Hall–Kier alpha value is -1.02. The summed E-state index contributed by atoms with van der Waals surface area (Å²) in [5, 5.41) is 3.26. The molecule has 0 heterocycles. The molecular weight excluding hydrogens is 196 g/mol. The van der Waals surface area contributed by atoms with Gasteiger partial charge in [-0.15, -0.1) is 0 Å². The lowest BCUT2D eigenvalue weighted by molar-refractivity contribution is 0.781. The number of hydrogen-bond acceptors (Lipinski definition) is 2. The SMILES string of the molecule is CCN(c1ccc(C)cc1CNC)C1CC1.